The van der Waals surface area contributed by atoms with Crippen LogP contribution in [0.1, 0.15) is 17.0 Å². The van der Waals surface area contributed by atoms with Gasteiger partial charge in [-0.3, -0.25) is 0 Å². The maximum Gasteiger partial charge on any atom is 0.433 e. The lowest BCUT2D eigenvalue weighted by atomic mass is 10.2. The molecule has 21 heavy (non-hydrogen) atoms. The summed E-state index contributed by atoms with van der Waals surface area (Å²) in [6.45, 7) is 1.49. The summed E-state index contributed by atoms with van der Waals surface area (Å²) in [5, 5.41) is 0.954. The number of hydrogen-bond donors (Lipinski definition) is 0. The molecule has 0 unspecified atom stereocenters. The number of alkyl halides is 3. The number of thioether (sulfide) groups is 1. The van der Waals surface area contributed by atoms with Gasteiger partial charge in [-0.1, -0.05) is 41.0 Å². The van der Waals surface area contributed by atoms with Gasteiger partial charge in [-0.2, -0.15) is 13.2 Å². The quantitative estimate of drug-likeness (QED) is 0.546. The molecule has 0 bridgehead atoms. The van der Waals surface area contributed by atoms with E-state index in [1.165, 1.54) is 6.92 Å². The van der Waals surface area contributed by atoms with Gasteiger partial charge in [0.2, 0.25) is 0 Å². The molecule has 2 aromatic rings. The second-order valence-electron chi connectivity index (χ2n) is 4.16. The summed E-state index contributed by atoms with van der Waals surface area (Å²) in [4.78, 5) is 7.51. The lowest BCUT2D eigenvalue weighted by Crippen LogP contribution is -2.10. The second kappa shape index (κ2) is 6.42. The first-order chi connectivity index (χ1) is 9.77. The Morgan fingerprint density at radius 2 is 1.76 bits per heavy atom. The lowest BCUT2D eigenvalue weighted by molar-refractivity contribution is -0.141. The smallest absolute Gasteiger partial charge is 0.228 e. The van der Waals surface area contributed by atoms with E-state index in [9.17, 15) is 13.2 Å². The van der Waals surface area contributed by atoms with Gasteiger partial charge in [0.05, 0.1) is 0 Å². The van der Waals surface area contributed by atoms with Gasteiger partial charge in [0.25, 0.3) is 0 Å². The van der Waals surface area contributed by atoms with Gasteiger partial charge in [-0.05, 0) is 30.7 Å². The molecule has 0 radical (unpaired) electrons. The highest BCUT2D eigenvalue weighted by molar-refractivity contribution is 7.98. The monoisotopic (exact) mass is 352 g/mol. The van der Waals surface area contributed by atoms with Gasteiger partial charge in [-0.15, -0.1) is 0 Å². The van der Waals surface area contributed by atoms with Crippen LogP contribution in [0.25, 0.3) is 0 Å². The molecule has 0 aliphatic rings. The van der Waals surface area contributed by atoms with Gasteiger partial charge in [0.15, 0.2) is 5.16 Å². The summed E-state index contributed by atoms with van der Waals surface area (Å²) in [6.07, 6.45) is -4.49. The van der Waals surface area contributed by atoms with Gasteiger partial charge in [0.1, 0.15) is 5.69 Å². The van der Waals surface area contributed by atoms with Gasteiger partial charge in [0, 0.05) is 21.5 Å². The third-order valence-electron chi connectivity index (χ3n) is 2.53. The minimum Gasteiger partial charge on any atom is -0.228 e. The Bertz CT molecular complexity index is 642. The van der Waals surface area contributed by atoms with Crippen LogP contribution in [-0.4, -0.2) is 9.97 Å². The first-order valence-corrected chi connectivity index (χ1v) is 7.50. The van der Waals surface area contributed by atoms with Gasteiger partial charge in [-0.25, -0.2) is 9.97 Å². The second-order valence-corrected chi connectivity index (χ2v) is 5.92. The van der Waals surface area contributed by atoms with Crippen molar-refractivity contribution in [1.29, 1.82) is 0 Å². The summed E-state index contributed by atoms with van der Waals surface area (Å²) in [6, 6.07) is 5.94. The average molecular weight is 353 g/mol. The Balaban J connectivity index is 2.23. The summed E-state index contributed by atoms with van der Waals surface area (Å²) in [5.41, 5.74) is -0.0580. The standard InChI is InChI=1S/C13H9Cl2F3N2S/c1-7-5-11(13(16,17)18)20-12(19-7)21-6-8-9(14)3-2-4-10(8)15/h2-5H,6H2,1H3. The number of benzene rings is 1. The Kier molecular flexibility index (Phi) is 5.01. The first kappa shape index (κ1) is 16.4. The molecular weight excluding hydrogens is 344 g/mol. The molecule has 1 aromatic carbocycles. The van der Waals surface area contributed by atoms with Crippen molar-refractivity contribution in [2.45, 2.75) is 24.0 Å². The van der Waals surface area contributed by atoms with E-state index in [1.54, 1.807) is 18.2 Å². The maximum absolute atomic E-state index is 12.7. The van der Waals surface area contributed by atoms with Gasteiger partial charge < -0.3 is 0 Å². The Labute approximate surface area is 133 Å². The molecule has 8 heteroatoms. The molecule has 2 nitrogen and oxygen atoms in total. The van der Waals surface area contributed by atoms with Crippen molar-refractivity contribution >= 4 is 35.0 Å². The van der Waals surface area contributed by atoms with E-state index in [0.717, 1.165) is 17.8 Å². The van der Waals surface area contributed by atoms with Crippen LogP contribution < -0.4 is 0 Å². The number of rotatable bonds is 3. The molecule has 0 spiro atoms. The van der Waals surface area contributed by atoms with E-state index in [2.05, 4.69) is 9.97 Å². The third-order valence-corrected chi connectivity index (χ3v) is 4.11. The molecule has 2 rings (SSSR count). The van der Waals surface area contributed by atoms with Crippen LogP contribution in [-0.2, 0) is 11.9 Å². The highest BCUT2D eigenvalue weighted by Crippen LogP contribution is 2.32. The van der Waals surface area contributed by atoms with Gasteiger partial charge >= 0.3 is 6.18 Å². The molecule has 0 amide bonds. The average Bonchev–Trinajstić information content (AvgIpc) is 2.36. The number of halogens is 5. The molecule has 0 aliphatic heterocycles. The first-order valence-electron chi connectivity index (χ1n) is 5.76. The van der Waals surface area contributed by atoms with Crippen LogP contribution in [0, 0.1) is 6.92 Å². The predicted octanol–water partition coefficient (Wildman–Crippen LogP) is 5.40. The molecule has 0 aliphatic carbocycles. The Morgan fingerprint density at radius 3 is 2.33 bits per heavy atom. The molecule has 1 aromatic heterocycles. The highest BCUT2D eigenvalue weighted by Gasteiger charge is 2.33. The fraction of sp³-hybridized carbons (Fsp3) is 0.231. The fourth-order valence-electron chi connectivity index (χ4n) is 1.56. The van der Waals surface area contributed by atoms with Crippen molar-refractivity contribution in [1.82, 2.24) is 9.97 Å². The van der Waals surface area contributed by atoms with E-state index >= 15 is 0 Å². The van der Waals surface area contributed by atoms with E-state index < -0.39 is 11.9 Å². The van der Waals surface area contributed by atoms with Crippen LogP contribution in [0.4, 0.5) is 13.2 Å². The Hall–Kier alpha value is -0.980. The third kappa shape index (κ3) is 4.25. The lowest BCUT2D eigenvalue weighted by Gasteiger charge is -2.09. The van der Waals surface area contributed by atoms with Crippen molar-refractivity contribution in [2.24, 2.45) is 0 Å². The van der Waals surface area contributed by atoms with Crippen LogP contribution in [0.2, 0.25) is 10.0 Å². The zero-order chi connectivity index (χ0) is 15.6. The van der Waals surface area contributed by atoms with E-state index in [0.29, 0.717) is 21.4 Å². The molecule has 0 atom stereocenters. The largest absolute Gasteiger partial charge is 0.433 e. The molecular formula is C13H9Cl2F3N2S. The molecule has 0 saturated heterocycles. The van der Waals surface area contributed by atoms with Crippen molar-refractivity contribution in [3.05, 3.63) is 51.3 Å². The molecule has 0 saturated carbocycles. The van der Waals surface area contributed by atoms with Crippen LogP contribution in [0.5, 0.6) is 0 Å². The molecule has 112 valence electrons. The Morgan fingerprint density at radius 1 is 1.14 bits per heavy atom. The van der Waals surface area contributed by atoms with Crippen LogP contribution in [0.15, 0.2) is 29.4 Å². The van der Waals surface area contributed by atoms with Crippen molar-refractivity contribution in [3.63, 3.8) is 0 Å². The minimum atomic E-state index is -4.49. The highest BCUT2D eigenvalue weighted by atomic mass is 35.5. The number of nitrogens with zero attached hydrogens (tertiary/aromatic N) is 2. The summed E-state index contributed by atoms with van der Waals surface area (Å²) in [5.74, 6) is 0.291. The maximum atomic E-state index is 12.7. The van der Waals surface area contributed by atoms with Crippen molar-refractivity contribution in [3.8, 4) is 0 Å². The summed E-state index contributed by atoms with van der Waals surface area (Å²) in [7, 11) is 0. The zero-order valence-electron chi connectivity index (χ0n) is 10.7. The van der Waals surface area contributed by atoms with Crippen LogP contribution in [0.3, 0.4) is 0 Å². The predicted molar refractivity (Wildman–Crippen MR) is 77.8 cm³/mol. The zero-order valence-corrected chi connectivity index (χ0v) is 13.0. The normalized spacial score (nSPS) is 11.7. The molecule has 0 N–H and O–H groups in total. The fourth-order valence-corrected chi connectivity index (χ4v) is 3.20. The summed E-state index contributed by atoms with van der Waals surface area (Å²) < 4.78 is 38.1. The molecule has 1 heterocycles. The summed E-state index contributed by atoms with van der Waals surface area (Å²) >= 11 is 13.1. The number of aryl methyl sites for hydroxylation is 1. The van der Waals surface area contributed by atoms with Crippen molar-refractivity contribution in [2.75, 3.05) is 0 Å². The molecule has 0 fully saturated rings. The minimum absolute atomic E-state index is 0.0401. The van der Waals surface area contributed by atoms with E-state index in [-0.39, 0.29) is 10.9 Å². The number of aromatic nitrogens is 2. The van der Waals surface area contributed by atoms with Crippen molar-refractivity contribution < 1.29 is 13.2 Å². The number of hydrogen-bond acceptors (Lipinski definition) is 3. The van der Waals surface area contributed by atoms with E-state index in [4.69, 9.17) is 23.2 Å². The SMILES string of the molecule is Cc1cc(C(F)(F)F)nc(SCc2c(Cl)cccc2Cl)n1. The van der Waals surface area contributed by atoms with E-state index in [1.807, 2.05) is 0 Å². The van der Waals surface area contributed by atoms with Crippen LogP contribution >= 0.6 is 35.0 Å². The topological polar surface area (TPSA) is 25.8 Å².